The number of para-hydroxylation sites is 1. The first-order valence-electron chi connectivity index (χ1n) is 9.05. The van der Waals surface area contributed by atoms with Gasteiger partial charge in [0, 0.05) is 16.3 Å². The van der Waals surface area contributed by atoms with Gasteiger partial charge in [-0.25, -0.2) is 0 Å². The molecule has 0 spiro atoms. The van der Waals surface area contributed by atoms with Gasteiger partial charge in [0.2, 0.25) is 0 Å². The molecule has 144 valence electrons. The second-order valence-corrected chi connectivity index (χ2v) is 6.68. The molecule has 0 fully saturated rings. The molecule has 0 saturated heterocycles. The number of aryl methyl sites for hydroxylation is 1. The minimum absolute atomic E-state index is 0.191. The smallest absolute Gasteiger partial charge is 0.255 e. The molecule has 3 aromatic carbocycles. The third-order valence-electron chi connectivity index (χ3n) is 4.38. The van der Waals surface area contributed by atoms with Gasteiger partial charge in [-0.2, -0.15) is 0 Å². The van der Waals surface area contributed by atoms with Crippen LogP contribution in [0.5, 0.6) is 11.5 Å². The first-order valence-corrected chi connectivity index (χ1v) is 9.43. The Bertz CT molecular complexity index is 954. The van der Waals surface area contributed by atoms with E-state index >= 15 is 0 Å². The lowest BCUT2D eigenvalue weighted by atomic mass is 10.1. The van der Waals surface area contributed by atoms with Crippen LogP contribution in [0.2, 0.25) is 5.02 Å². The van der Waals surface area contributed by atoms with Crippen molar-refractivity contribution in [2.75, 3.05) is 12.4 Å². The molecule has 0 saturated carbocycles. The van der Waals surface area contributed by atoms with Gasteiger partial charge in [0.25, 0.3) is 5.91 Å². The van der Waals surface area contributed by atoms with Crippen LogP contribution in [-0.2, 0) is 13.0 Å². The van der Waals surface area contributed by atoms with E-state index in [1.54, 1.807) is 25.3 Å². The average molecular weight is 396 g/mol. The van der Waals surface area contributed by atoms with Crippen LogP contribution in [0.25, 0.3) is 0 Å². The van der Waals surface area contributed by atoms with Crippen molar-refractivity contribution < 1.29 is 14.3 Å². The Morgan fingerprint density at radius 1 is 1.00 bits per heavy atom. The molecule has 0 unspecified atom stereocenters. The maximum absolute atomic E-state index is 12.7. The number of anilines is 1. The fourth-order valence-electron chi connectivity index (χ4n) is 2.81. The lowest BCUT2D eigenvalue weighted by molar-refractivity contribution is 0.102. The topological polar surface area (TPSA) is 47.6 Å². The van der Waals surface area contributed by atoms with Crippen molar-refractivity contribution in [2.45, 2.75) is 20.0 Å². The first kappa shape index (κ1) is 19.8. The van der Waals surface area contributed by atoms with E-state index in [4.69, 9.17) is 21.1 Å². The third-order valence-corrected chi connectivity index (χ3v) is 4.63. The quantitative estimate of drug-likeness (QED) is 0.554. The van der Waals surface area contributed by atoms with Gasteiger partial charge in [0.1, 0.15) is 6.61 Å². The molecule has 0 aliphatic rings. The van der Waals surface area contributed by atoms with E-state index in [0.717, 1.165) is 23.2 Å². The highest BCUT2D eigenvalue weighted by molar-refractivity contribution is 6.30. The highest BCUT2D eigenvalue weighted by atomic mass is 35.5. The molecule has 0 aliphatic carbocycles. The second kappa shape index (κ2) is 9.29. The van der Waals surface area contributed by atoms with Crippen molar-refractivity contribution in [1.82, 2.24) is 0 Å². The van der Waals surface area contributed by atoms with Crippen LogP contribution in [-0.4, -0.2) is 13.0 Å². The normalized spacial score (nSPS) is 10.4. The fraction of sp³-hybridized carbons (Fsp3) is 0.174. The van der Waals surface area contributed by atoms with Crippen LogP contribution in [0.3, 0.4) is 0 Å². The van der Waals surface area contributed by atoms with Gasteiger partial charge >= 0.3 is 0 Å². The summed E-state index contributed by atoms with van der Waals surface area (Å²) >= 11 is 5.90. The predicted molar refractivity (Wildman–Crippen MR) is 113 cm³/mol. The monoisotopic (exact) mass is 395 g/mol. The summed E-state index contributed by atoms with van der Waals surface area (Å²) < 4.78 is 11.3. The zero-order chi connectivity index (χ0) is 19.9. The zero-order valence-electron chi connectivity index (χ0n) is 15.9. The van der Waals surface area contributed by atoms with E-state index in [9.17, 15) is 4.79 Å². The number of rotatable bonds is 7. The summed E-state index contributed by atoms with van der Waals surface area (Å²) in [7, 11) is 1.55. The van der Waals surface area contributed by atoms with Gasteiger partial charge < -0.3 is 14.8 Å². The summed E-state index contributed by atoms with van der Waals surface area (Å²) in [6.07, 6.45) is 0.844. The Morgan fingerprint density at radius 3 is 2.46 bits per heavy atom. The zero-order valence-corrected chi connectivity index (χ0v) is 16.6. The second-order valence-electron chi connectivity index (χ2n) is 6.25. The van der Waals surface area contributed by atoms with Crippen molar-refractivity contribution in [2.24, 2.45) is 0 Å². The summed E-state index contributed by atoms with van der Waals surface area (Å²) in [4.78, 5) is 12.7. The molecule has 0 aliphatic heterocycles. The van der Waals surface area contributed by atoms with Gasteiger partial charge in [-0.3, -0.25) is 4.79 Å². The van der Waals surface area contributed by atoms with Crippen molar-refractivity contribution in [1.29, 1.82) is 0 Å². The van der Waals surface area contributed by atoms with Gasteiger partial charge in [0.15, 0.2) is 11.5 Å². The highest BCUT2D eigenvalue weighted by Crippen LogP contribution is 2.29. The molecule has 0 bridgehead atoms. The van der Waals surface area contributed by atoms with Crippen LogP contribution >= 0.6 is 11.6 Å². The lowest BCUT2D eigenvalue weighted by Gasteiger charge is -2.13. The molecule has 1 N–H and O–H groups in total. The van der Waals surface area contributed by atoms with E-state index in [-0.39, 0.29) is 5.91 Å². The summed E-state index contributed by atoms with van der Waals surface area (Å²) in [6.45, 7) is 2.43. The molecule has 0 radical (unpaired) electrons. The standard InChI is InChI=1S/C23H22ClNO3/c1-3-17-6-4-5-7-20(17)25-23(26)18-10-13-21(22(14-18)27-2)28-15-16-8-11-19(24)12-9-16/h4-14H,3,15H2,1-2H3,(H,25,26). The summed E-state index contributed by atoms with van der Waals surface area (Å²) in [6, 6.07) is 20.4. The summed E-state index contributed by atoms with van der Waals surface area (Å²) in [5, 5.41) is 3.65. The molecule has 1 amide bonds. The van der Waals surface area contributed by atoms with Gasteiger partial charge in [-0.1, -0.05) is 48.9 Å². The minimum Gasteiger partial charge on any atom is -0.493 e. The number of ether oxygens (including phenoxy) is 2. The molecular weight excluding hydrogens is 374 g/mol. The molecule has 0 atom stereocenters. The predicted octanol–water partition coefficient (Wildman–Crippen LogP) is 5.74. The van der Waals surface area contributed by atoms with Gasteiger partial charge in [-0.15, -0.1) is 0 Å². The number of hydrogen-bond donors (Lipinski definition) is 1. The van der Waals surface area contributed by atoms with Crippen LogP contribution in [0.1, 0.15) is 28.4 Å². The largest absolute Gasteiger partial charge is 0.493 e. The number of halogens is 1. The van der Waals surface area contributed by atoms with Crippen LogP contribution in [0, 0.1) is 0 Å². The number of carbonyl (C=O) groups excluding carboxylic acids is 1. The molecule has 3 rings (SSSR count). The first-order chi connectivity index (χ1) is 13.6. The minimum atomic E-state index is -0.191. The van der Waals surface area contributed by atoms with Crippen molar-refractivity contribution in [3.05, 3.63) is 88.4 Å². The third kappa shape index (κ3) is 4.84. The Balaban J connectivity index is 1.73. The van der Waals surface area contributed by atoms with Crippen LogP contribution in [0.15, 0.2) is 66.7 Å². The molecule has 3 aromatic rings. The Kier molecular flexibility index (Phi) is 6.56. The number of amides is 1. The molecule has 0 aromatic heterocycles. The number of methoxy groups -OCH3 is 1. The maximum Gasteiger partial charge on any atom is 0.255 e. The maximum atomic E-state index is 12.7. The van der Waals surface area contributed by atoms with E-state index in [2.05, 4.69) is 12.2 Å². The lowest BCUT2D eigenvalue weighted by Crippen LogP contribution is -2.13. The SMILES string of the molecule is CCc1ccccc1NC(=O)c1ccc(OCc2ccc(Cl)cc2)c(OC)c1. The molecular formula is C23H22ClNO3. The molecule has 5 heteroatoms. The number of carbonyl (C=O) groups is 1. The Labute approximate surface area is 170 Å². The highest BCUT2D eigenvalue weighted by Gasteiger charge is 2.13. The number of nitrogens with one attached hydrogen (secondary N) is 1. The van der Waals surface area contributed by atoms with Crippen molar-refractivity contribution >= 4 is 23.2 Å². The summed E-state index contributed by atoms with van der Waals surface area (Å²) in [5.74, 6) is 0.886. The molecule has 0 heterocycles. The van der Waals surface area contributed by atoms with E-state index in [0.29, 0.717) is 28.7 Å². The van der Waals surface area contributed by atoms with Crippen LogP contribution in [0.4, 0.5) is 5.69 Å². The fourth-order valence-corrected chi connectivity index (χ4v) is 2.94. The number of hydrogen-bond acceptors (Lipinski definition) is 3. The van der Waals surface area contributed by atoms with Crippen LogP contribution < -0.4 is 14.8 Å². The summed E-state index contributed by atoms with van der Waals surface area (Å²) in [5.41, 5.74) is 3.40. The Hall–Kier alpha value is -2.98. The number of benzene rings is 3. The van der Waals surface area contributed by atoms with E-state index in [1.807, 2.05) is 48.5 Å². The van der Waals surface area contributed by atoms with E-state index in [1.165, 1.54) is 0 Å². The van der Waals surface area contributed by atoms with Gasteiger partial charge in [-0.05, 0) is 53.9 Å². The van der Waals surface area contributed by atoms with Crippen molar-refractivity contribution in [3.63, 3.8) is 0 Å². The molecule has 4 nitrogen and oxygen atoms in total. The average Bonchev–Trinajstić information content (AvgIpc) is 2.73. The molecule has 28 heavy (non-hydrogen) atoms. The van der Waals surface area contributed by atoms with E-state index < -0.39 is 0 Å². The Morgan fingerprint density at radius 2 is 1.75 bits per heavy atom. The van der Waals surface area contributed by atoms with Gasteiger partial charge in [0.05, 0.1) is 7.11 Å². The van der Waals surface area contributed by atoms with Crippen molar-refractivity contribution in [3.8, 4) is 11.5 Å².